The summed E-state index contributed by atoms with van der Waals surface area (Å²) in [6.45, 7) is 2.03. The molecule has 0 saturated carbocycles. The highest BCUT2D eigenvalue weighted by atomic mass is 35.5. The number of amides is 4. The van der Waals surface area contributed by atoms with Crippen LogP contribution in [0.1, 0.15) is 23.1 Å². The lowest BCUT2D eigenvalue weighted by Gasteiger charge is -2.29. The molecule has 2 fully saturated rings. The summed E-state index contributed by atoms with van der Waals surface area (Å²) in [5.41, 5.74) is 6.70. The van der Waals surface area contributed by atoms with Gasteiger partial charge < -0.3 is 11.1 Å². The predicted molar refractivity (Wildman–Crippen MR) is 121 cm³/mol. The van der Waals surface area contributed by atoms with Gasteiger partial charge in [0.1, 0.15) is 5.54 Å². The third-order valence-corrected chi connectivity index (χ3v) is 7.20. The summed E-state index contributed by atoms with van der Waals surface area (Å²) in [5.74, 6) is -3.77. The van der Waals surface area contributed by atoms with Gasteiger partial charge in [0.15, 0.2) is 0 Å². The van der Waals surface area contributed by atoms with Crippen LogP contribution in [-0.2, 0) is 31.1 Å². The van der Waals surface area contributed by atoms with E-state index >= 15 is 0 Å². The minimum Gasteiger partial charge on any atom is -0.370 e. The van der Waals surface area contributed by atoms with E-state index in [0.29, 0.717) is 22.7 Å². The molecule has 4 atom stereocenters. The number of anilines is 1. The van der Waals surface area contributed by atoms with E-state index in [4.69, 9.17) is 17.3 Å². The zero-order valence-corrected chi connectivity index (χ0v) is 18.7. The minimum atomic E-state index is -1.50. The smallest absolute Gasteiger partial charge is 0.250 e. The number of aryl methyl sites for hydroxylation is 1. The number of nitrogens with one attached hydrogen (secondary N) is 2. The van der Waals surface area contributed by atoms with Gasteiger partial charge in [-0.1, -0.05) is 48.0 Å². The average molecular weight is 467 g/mol. The van der Waals surface area contributed by atoms with Crippen LogP contribution in [0.3, 0.4) is 0 Å². The SMILES string of the molecule is Cc1cc(Cl)c2c(c1)C1(NC(CC(N)=O)[C@H]3C(=O)N(CCc4ccccc4)C(=O)[C@H]31)C(=O)N2. The number of likely N-dealkylation sites (tertiary alicyclic amines) is 1. The van der Waals surface area contributed by atoms with E-state index in [-0.39, 0.29) is 13.0 Å². The van der Waals surface area contributed by atoms with Crippen molar-refractivity contribution in [2.75, 3.05) is 11.9 Å². The van der Waals surface area contributed by atoms with Crippen molar-refractivity contribution < 1.29 is 19.2 Å². The van der Waals surface area contributed by atoms with Crippen LogP contribution in [0.2, 0.25) is 5.02 Å². The molecule has 2 saturated heterocycles. The summed E-state index contributed by atoms with van der Waals surface area (Å²) in [4.78, 5) is 53.6. The molecule has 1 spiro atoms. The van der Waals surface area contributed by atoms with Crippen LogP contribution >= 0.6 is 11.6 Å². The second-order valence-corrected chi connectivity index (χ2v) is 9.33. The molecular formula is C24H23ClN4O4. The molecule has 0 bridgehead atoms. The number of benzene rings is 2. The van der Waals surface area contributed by atoms with Crippen molar-refractivity contribution in [3.05, 3.63) is 64.2 Å². The van der Waals surface area contributed by atoms with Crippen molar-refractivity contribution in [3.8, 4) is 0 Å². The fourth-order valence-corrected chi connectivity index (χ4v) is 5.87. The van der Waals surface area contributed by atoms with Crippen LogP contribution in [0.5, 0.6) is 0 Å². The molecule has 0 radical (unpaired) electrons. The molecule has 8 nitrogen and oxygen atoms in total. The van der Waals surface area contributed by atoms with Gasteiger partial charge >= 0.3 is 0 Å². The van der Waals surface area contributed by atoms with Gasteiger partial charge in [-0.2, -0.15) is 0 Å². The molecule has 9 heteroatoms. The van der Waals surface area contributed by atoms with Crippen LogP contribution in [0.15, 0.2) is 42.5 Å². The first-order chi connectivity index (χ1) is 15.7. The second-order valence-electron chi connectivity index (χ2n) is 8.92. The average Bonchev–Trinajstić information content (AvgIpc) is 3.33. The summed E-state index contributed by atoms with van der Waals surface area (Å²) in [5, 5.41) is 6.32. The van der Waals surface area contributed by atoms with Crippen molar-refractivity contribution in [3.63, 3.8) is 0 Å². The van der Waals surface area contributed by atoms with Crippen LogP contribution in [0, 0.1) is 18.8 Å². The number of carbonyl (C=O) groups is 4. The molecule has 33 heavy (non-hydrogen) atoms. The third kappa shape index (κ3) is 3.16. The highest BCUT2D eigenvalue weighted by Crippen LogP contribution is 2.54. The first kappa shape index (κ1) is 21.6. The lowest BCUT2D eigenvalue weighted by atomic mass is 9.76. The summed E-state index contributed by atoms with van der Waals surface area (Å²) < 4.78 is 0. The number of carbonyl (C=O) groups excluding carboxylic acids is 4. The Kier molecular flexibility index (Phi) is 5.02. The van der Waals surface area contributed by atoms with Gasteiger partial charge in [0.2, 0.25) is 23.6 Å². The normalized spacial score (nSPS) is 27.8. The summed E-state index contributed by atoms with van der Waals surface area (Å²) in [7, 11) is 0. The summed E-state index contributed by atoms with van der Waals surface area (Å²) >= 11 is 6.40. The van der Waals surface area contributed by atoms with E-state index in [2.05, 4.69) is 10.6 Å². The highest BCUT2D eigenvalue weighted by molar-refractivity contribution is 6.35. The topological polar surface area (TPSA) is 122 Å². The van der Waals surface area contributed by atoms with E-state index < -0.39 is 47.0 Å². The highest BCUT2D eigenvalue weighted by Gasteiger charge is 2.70. The summed E-state index contributed by atoms with van der Waals surface area (Å²) in [6.07, 6.45) is 0.322. The summed E-state index contributed by atoms with van der Waals surface area (Å²) in [6, 6.07) is 12.3. The van der Waals surface area contributed by atoms with Gasteiger partial charge in [0.05, 0.1) is 22.5 Å². The van der Waals surface area contributed by atoms with Crippen LogP contribution in [0.25, 0.3) is 0 Å². The maximum atomic E-state index is 13.7. The Morgan fingerprint density at radius 3 is 2.58 bits per heavy atom. The molecule has 2 aromatic rings. The first-order valence-corrected chi connectivity index (χ1v) is 11.2. The number of nitrogens with zero attached hydrogens (tertiary/aromatic N) is 1. The van der Waals surface area contributed by atoms with Gasteiger partial charge in [0, 0.05) is 24.6 Å². The molecule has 170 valence electrons. The molecule has 0 aliphatic carbocycles. The molecule has 2 unspecified atom stereocenters. The zero-order chi connectivity index (χ0) is 23.5. The van der Waals surface area contributed by atoms with E-state index in [1.807, 2.05) is 37.3 Å². The van der Waals surface area contributed by atoms with Crippen molar-refractivity contribution >= 4 is 40.9 Å². The number of nitrogens with two attached hydrogens (primary N) is 1. The van der Waals surface area contributed by atoms with Gasteiger partial charge in [-0.25, -0.2) is 0 Å². The maximum Gasteiger partial charge on any atom is 0.250 e. The minimum absolute atomic E-state index is 0.170. The standard InChI is InChI=1S/C24H23ClN4O4/c1-12-9-14-20(15(25)10-12)27-23(33)24(14)19-18(16(28-24)11-17(26)30)21(31)29(22(19)32)8-7-13-5-3-2-4-6-13/h2-6,9-10,16,18-19,28H,7-8,11H2,1H3,(H2,26,30)(H,27,33)/t16?,18-,19+,24?/m1/s1. The van der Waals surface area contributed by atoms with Crippen molar-refractivity contribution in [2.45, 2.75) is 31.3 Å². The van der Waals surface area contributed by atoms with E-state index in [1.54, 1.807) is 12.1 Å². The fourth-order valence-electron chi connectivity index (χ4n) is 5.55. The molecular weight excluding hydrogens is 444 g/mol. The van der Waals surface area contributed by atoms with Crippen LogP contribution < -0.4 is 16.4 Å². The number of hydrogen-bond donors (Lipinski definition) is 3. The Morgan fingerprint density at radius 1 is 1.15 bits per heavy atom. The van der Waals surface area contributed by atoms with Crippen molar-refractivity contribution in [1.82, 2.24) is 10.2 Å². The molecule has 5 rings (SSSR count). The predicted octanol–water partition coefficient (Wildman–Crippen LogP) is 1.49. The first-order valence-electron chi connectivity index (χ1n) is 10.8. The second kappa shape index (κ2) is 7.67. The van der Waals surface area contributed by atoms with Crippen molar-refractivity contribution in [2.24, 2.45) is 17.6 Å². The Morgan fingerprint density at radius 2 is 1.88 bits per heavy atom. The molecule has 3 aliphatic rings. The number of rotatable bonds is 5. The number of primary amides is 1. The van der Waals surface area contributed by atoms with E-state index in [0.717, 1.165) is 11.1 Å². The molecule has 4 amide bonds. The molecule has 3 aliphatic heterocycles. The number of fused-ring (bicyclic) bond motifs is 4. The quantitative estimate of drug-likeness (QED) is 0.576. The maximum absolute atomic E-state index is 13.7. The molecule has 4 N–H and O–H groups in total. The van der Waals surface area contributed by atoms with E-state index in [9.17, 15) is 19.2 Å². The largest absolute Gasteiger partial charge is 0.370 e. The fraction of sp³-hybridized carbons (Fsp3) is 0.333. The third-order valence-electron chi connectivity index (χ3n) is 6.90. The van der Waals surface area contributed by atoms with Crippen LogP contribution in [0.4, 0.5) is 5.69 Å². The molecule has 2 aromatic carbocycles. The monoisotopic (exact) mass is 466 g/mol. The Hall–Kier alpha value is -3.23. The van der Waals surface area contributed by atoms with Gasteiger partial charge in [-0.3, -0.25) is 29.4 Å². The number of imide groups is 1. The Bertz CT molecular complexity index is 1200. The van der Waals surface area contributed by atoms with Crippen molar-refractivity contribution in [1.29, 1.82) is 0 Å². The van der Waals surface area contributed by atoms with Gasteiger partial charge in [-0.05, 0) is 30.5 Å². The lowest BCUT2D eigenvalue weighted by molar-refractivity contribution is -0.142. The molecule has 3 heterocycles. The molecule has 0 aromatic heterocycles. The number of halogens is 1. The van der Waals surface area contributed by atoms with Gasteiger partial charge in [0.25, 0.3) is 0 Å². The zero-order valence-electron chi connectivity index (χ0n) is 17.9. The Balaban J connectivity index is 1.57. The lowest BCUT2D eigenvalue weighted by Crippen LogP contribution is -2.53. The van der Waals surface area contributed by atoms with Gasteiger partial charge in [-0.15, -0.1) is 0 Å². The Labute approximate surface area is 195 Å². The van der Waals surface area contributed by atoms with E-state index in [1.165, 1.54) is 4.90 Å². The number of hydrogen-bond acceptors (Lipinski definition) is 5. The van der Waals surface area contributed by atoms with Crippen LogP contribution in [-0.4, -0.2) is 41.1 Å².